The molecular weight excluding hydrogens is 189 g/mol. The SMILES string of the molecule is [O-][S+](c1[c]cccc1)C(F)(F)F. The Morgan fingerprint density at radius 2 is 2.00 bits per heavy atom. The molecular formula is C7H4F3OS. The summed E-state index contributed by atoms with van der Waals surface area (Å²) in [6, 6.07) is 7.57. The first-order valence-corrected chi connectivity index (χ1v) is 4.12. The van der Waals surface area contributed by atoms with Crippen LogP contribution in [0.1, 0.15) is 0 Å². The van der Waals surface area contributed by atoms with Gasteiger partial charge in [-0.3, -0.25) is 0 Å². The minimum Gasteiger partial charge on any atom is -0.604 e. The quantitative estimate of drug-likeness (QED) is 0.626. The van der Waals surface area contributed by atoms with Gasteiger partial charge < -0.3 is 4.55 Å². The molecule has 0 saturated carbocycles. The van der Waals surface area contributed by atoms with Crippen molar-refractivity contribution in [2.24, 2.45) is 0 Å². The average molecular weight is 193 g/mol. The summed E-state index contributed by atoms with van der Waals surface area (Å²) in [5, 5.41) is 0. The van der Waals surface area contributed by atoms with E-state index in [2.05, 4.69) is 6.07 Å². The third-order valence-corrected chi connectivity index (χ3v) is 2.16. The second-order valence-corrected chi connectivity index (χ2v) is 3.38. The molecule has 0 spiro atoms. The van der Waals surface area contributed by atoms with Gasteiger partial charge in [-0.25, -0.2) is 0 Å². The van der Waals surface area contributed by atoms with Crippen molar-refractivity contribution in [1.82, 2.24) is 0 Å². The van der Waals surface area contributed by atoms with Gasteiger partial charge in [0.2, 0.25) is 0 Å². The Morgan fingerprint density at radius 3 is 2.42 bits per heavy atom. The zero-order chi connectivity index (χ0) is 9.19. The summed E-state index contributed by atoms with van der Waals surface area (Å²) in [6.45, 7) is 0. The van der Waals surface area contributed by atoms with Crippen LogP contribution in [0.4, 0.5) is 13.2 Å². The molecule has 1 aromatic rings. The number of halogens is 3. The predicted molar refractivity (Wildman–Crippen MR) is 37.7 cm³/mol. The monoisotopic (exact) mass is 193 g/mol. The zero-order valence-electron chi connectivity index (χ0n) is 5.76. The normalized spacial score (nSPS) is 14.3. The number of hydrogen-bond acceptors (Lipinski definition) is 1. The lowest BCUT2D eigenvalue weighted by Gasteiger charge is -2.10. The molecule has 0 fully saturated rings. The molecule has 0 saturated heterocycles. The summed E-state index contributed by atoms with van der Waals surface area (Å²) in [6.07, 6.45) is 0. The van der Waals surface area contributed by atoms with E-state index >= 15 is 0 Å². The maximum absolute atomic E-state index is 11.8. The fraction of sp³-hybridized carbons (Fsp3) is 0.143. The molecule has 0 aliphatic rings. The number of rotatable bonds is 1. The summed E-state index contributed by atoms with van der Waals surface area (Å²) >= 11 is -2.96. The van der Waals surface area contributed by atoms with E-state index in [4.69, 9.17) is 0 Å². The van der Waals surface area contributed by atoms with E-state index in [9.17, 15) is 17.7 Å². The maximum Gasteiger partial charge on any atom is 0.578 e. The molecule has 0 aliphatic carbocycles. The first-order valence-electron chi connectivity index (χ1n) is 2.97. The Morgan fingerprint density at radius 1 is 1.33 bits per heavy atom. The highest BCUT2D eigenvalue weighted by molar-refractivity contribution is 7.92. The van der Waals surface area contributed by atoms with Crippen molar-refractivity contribution >= 4 is 11.2 Å². The van der Waals surface area contributed by atoms with Crippen molar-refractivity contribution < 1.29 is 17.7 Å². The fourth-order valence-electron chi connectivity index (χ4n) is 0.617. The van der Waals surface area contributed by atoms with Gasteiger partial charge in [-0.05, 0) is 12.1 Å². The van der Waals surface area contributed by atoms with Crippen LogP contribution >= 0.6 is 0 Å². The van der Waals surface area contributed by atoms with Crippen LogP contribution in [0.25, 0.3) is 0 Å². The van der Waals surface area contributed by atoms with Crippen LogP contribution in [0.3, 0.4) is 0 Å². The molecule has 0 aliphatic heterocycles. The zero-order valence-corrected chi connectivity index (χ0v) is 6.58. The maximum atomic E-state index is 11.8. The van der Waals surface area contributed by atoms with Crippen molar-refractivity contribution in [3.8, 4) is 0 Å². The van der Waals surface area contributed by atoms with Gasteiger partial charge in [0, 0.05) is 6.07 Å². The lowest BCUT2D eigenvalue weighted by atomic mass is 10.4. The van der Waals surface area contributed by atoms with Crippen molar-refractivity contribution in [2.45, 2.75) is 10.4 Å². The van der Waals surface area contributed by atoms with Crippen LogP contribution in [0.5, 0.6) is 0 Å². The largest absolute Gasteiger partial charge is 0.604 e. The van der Waals surface area contributed by atoms with Crippen molar-refractivity contribution in [1.29, 1.82) is 0 Å². The van der Waals surface area contributed by atoms with Crippen LogP contribution < -0.4 is 0 Å². The van der Waals surface area contributed by atoms with Gasteiger partial charge in [-0.15, -0.1) is 13.2 Å². The van der Waals surface area contributed by atoms with E-state index < -0.39 is 16.7 Å². The molecule has 0 N–H and O–H groups in total. The summed E-state index contributed by atoms with van der Waals surface area (Å²) in [5.74, 6) is 0. The predicted octanol–water partition coefficient (Wildman–Crippen LogP) is 2.11. The van der Waals surface area contributed by atoms with E-state index in [1.54, 1.807) is 0 Å². The van der Waals surface area contributed by atoms with Crippen LogP contribution in [0, 0.1) is 6.07 Å². The van der Waals surface area contributed by atoms with Crippen molar-refractivity contribution in [3.63, 3.8) is 0 Å². The van der Waals surface area contributed by atoms with Gasteiger partial charge in [0.05, 0.1) is 11.2 Å². The third kappa shape index (κ3) is 2.15. The molecule has 1 atom stereocenters. The Bertz CT molecular complexity index is 247. The Balaban J connectivity index is 2.86. The minimum atomic E-state index is -4.70. The Kier molecular flexibility index (Phi) is 2.64. The second kappa shape index (κ2) is 3.37. The molecule has 65 valence electrons. The first kappa shape index (κ1) is 9.41. The smallest absolute Gasteiger partial charge is 0.578 e. The van der Waals surface area contributed by atoms with Gasteiger partial charge in [0.1, 0.15) is 0 Å². The highest BCUT2D eigenvalue weighted by Gasteiger charge is 2.45. The molecule has 1 nitrogen and oxygen atoms in total. The summed E-state index contributed by atoms with van der Waals surface area (Å²) in [4.78, 5) is -0.343. The summed E-state index contributed by atoms with van der Waals surface area (Å²) < 4.78 is 46.1. The van der Waals surface area contributed by atoms with Crippen molar-refractivity contribution in [3.05, 3.63) is 30.3 Å². The van der Waals surface area contributed by atoms with Gasteiger partial charge in [0.15, 0.2) is 4.90 Å². The number of alkyl halides is 3. The first-order chi connectivity index (χ1) is 5.52. The summed E-state index contributed by atoms with van der Waals surface area (Å²) in [7, 11) is 0. The van der Waals surface area contributed by atoms with Crippen LogP contribution in [-0.2, 0) is 11.2 Å². The molecule has 1 radical (unpaired) electrons. The van der Waals surface area contributed by atoms with E-state index in [0.29, 0.717) is 0 Å². The Labute approximate surface area is 70.4 Å². The fourth-order valence-corrected chi connectivity index (χ4v) is 1.24. The number of hydrogen-bond donors (Lipinski definition) is 0. The van der Waals surface area contributed by atoms with E-state index in [-0.39, 0.29) is 4.90 Å². The third-order valence-electron chi connectivity index (χ3n) is 1.09. The molecule has 1 aromatic carbocycles. The van der Waals surface area contributed by atoms with E-state index in [0.717, 1.165) is 6.07 Å². The molecule has 0 aromatic heterocycles. The highest BCUT2D eigenvalue weighted by Crippen LogP contribution is 2.29. The molecule has 5 heteroatoms. The molecule has 0 bridgehead atoms. The lowest BCUT2D eigenvalue weighted by molar-refractivity contribution is -0.0435. The summed E-state index contributed by atoms with van der Waals surface area (Å²) in [5.41, 5.74) is -4.70. The molecule has 1 unspecified atom stereocenters. The van der Waals surface area contributed by atoms with Gasteiger partial charge in [0.25, 0.3) is 0 Å². The van der Waals surface area contributed by atoms with Crippen LogP contribution in [0.2, 0.25) is 0 Å². The topological polar surface area (TPSA) is 23.1 Å². The lowest BCUT2D eigenvalue weighted by Crippen LogP contribution is -2.23. The average Bonchev–Trinajstić information content (AvgIpc) is 2.03. The molecule has 0 heterocycles. The Hall–Kier alpha value is -0.680. The van der Waals surface area contributed by atoms with Crippen LogP contribution in [0.15, 0.2) is 29.2 Å². The number of benzene rings is 1. The molecule has 12 heavy (non-hydrogen) atoms. The molecule has 0 amide bonds. The minimum absolute atomic E-state index is 0.343. The van der Waals surface area contributed by atoms with Gasteiger partial charge >= 0.3 is 5.51 Å². The van der Waals surface area contributed by atoms with Crippen molar-refractivity contribution in [2.75, 3.05) is 0 Å². The van der Waals surface area contributed by atoms with Gasteiger partial charge in [-0.1, -0.05) is 12.1 Å². The van der Waals surface area contributed by atoms with E-state index in [1.807, 2.05) is 0 Å². The van der Waals surface area contributed by atoms with Gasteiger partial charge in [-0.2, -0.15) is 0 Å². The van der Waals surface area contributed by atoms with Crippen LogP contribution in [-0.4, -0.2) is 10.1 Å². The highest BCUT2D eigenvalue weighted by atomic mass is 32.2. The second-order valence-electron chi connectivity index (χ2n) is 1.94. The standard InChI is InChI=1S/C7H4F3OS/c8-7(9,10)12(11)6-4-2-1-3-5-6/h1-4H. The van der Waals surface area contributed by atoms with E-state index in [1.165, 1.54) is 18.2 Å². The molecule has 1 rings (SSSR count).